The van der Waals surface area contributed by atoms with Crippen molar-refractivity contribution in [3.8, 4) is 0 Å². The van der Waals surface area contributed by atoms with Crippen molar-refractivity contribution in [3.63, 3.8) is 0 Å². The topological polar surface area (TPSA) is 57.8 Å². The second-order valence-corrected chi connectivity index (χ2v) is 4.88. The zero-order chi connectivity index (χ0) is 13.9. The second kappa shape index (κ2) is 5.35. The van der Waals surface area contributed by atoms with Gasteiger partial charge in [0.25, 0.3) is 0 Å². The Bertz CT molecular complexity index is 749. The first-order valence-electron chi connectivity index (χ1n) is 6.18. The lowest BCUT2D eigenvalue weighted by Crippen LogP contribution is -2.14. The number of nitrogens with one attached hydrogen (secondary N) is 2. The summed E-state index contributed by atoms with van der Waals surface area (Å²) < 4.78 is 0. The van der Waals surface area contributed by atoms with Gasteiger partial charge in [0.15, 0.2) is 0 Å². The minimum absolute atomic E-state index is 0.0796. The van der Waals surface area contributed by atoms with Crippen molar-refractivity contribution in [2.24, 2.45) is 0 Å². The Morgan fingerprint density at radius 1 is 1.25 bits per heavy atom. The number of carbonyl (C=O) groups is 1. The number of nitrogens with zero attached hydrogens (tertiary/aromatic N) is 1. The van der Waals surface area contributed by atoms with E-state index in [-0.39, 0.29) is 5.91 Å². The molecule has 3 aromatic rings. The maximum atomic E-state index is 12.0. The van der Waals surface area contributed by atoms with E-state index >= 15 is 0 Å². The molecule has 0 radical (unpaired) electrons. The summed E-state index contributed by atoms with van der Waals surface area (Å²) in [6.45, 7) is 0. The third-order valence-electron chi connectivity index (χ3n) is 2.99. The molecule has 1 amide bonds. The molecule has 0 saturated heterocycles. The largest absolute Gasteiger partial charge is 0.361 e. The van der Waals surface area contributed by atoms with Gasteiger partial charge in [-0.25, -0.2) is 4.98 Å². The van der Waals surface area contributed by atoms with Crippen LogP contribution in [0.1, 0.15) is 5.56 Å². The van der Waals surface area contributed by atoms with E-state index in [9.17, 15) is 4.79 Å². The van der Waals surface area contributed by atoms with E-state index < -0.39 is 0 Å². The summed E-state index contributed by atoms with van der Waals surface area (Å²) in [4.78, 5) is 19.0. The second-order valence-electron chi connectivity index (χ2n) is 4.49. The zero-order valence-corrected chi connectivity index (χ0v) is 11.3. The van der Waals surface area contributed by atoms with Gasteiger partial charge in [-0.1, -0.05) is 17.7 Å². The summed E-state index contributed by atoms with van der Waals surface area (Å²) in [6, 6.07) is 11.3. The number of pyridine rings is 1. The van der Waals surface area contributed by atoms with Gasteiger partial charge in [0, 0.05) is 11.7 Å². The predicted octanol–water partition coefficient (Wildman–Crippen LogP) is 3.40. The molecule has 0 bridgehead atoms. The van der Waals surface area contributed by atoms with Gasteiger partial charge in [-0.3, -0.25) is 4.79 Å². The maximum Gasteiger partial charge on any atom is 0.228 e. The van der Waals surface area contributed by atoms with Crippen LogP contribution in [0.25, 0.3) is 10.9 Å². The number of benzene rings is 1. The SMILES string of the molecule is O=C(Cc1ccc2[nH]ccc2c1)Nc1ccc(Cl)nc1. The Hall–Kier alpha value is -2.33. The van der Waals surface area contributed by atoms with Crippen LogP contribution in [0.5, 0.6) is 0 Å². The van der Waals surface area contributed by atoms with Gasteiger partial charge < -0.3 is 10.3 Å². The number of aromatic nitrogens is 2. The average molecular weight is 286 g/mol. The summed E-state index contributed by atoms with van der Waals surface area (Å²) in [5.41, 5.74) is 2.68. The lowest BCUT2D eigenvalue weighted by atomic mass is 10.1. The smallest absolute Gasteiger partial charge is 0.228 e. The molecule has 0 aliphatic heterocycles. The van der Waals surface area contributed by atoms with Crippen LogP contribution in [0.15, 0.2) is 48.8 Å². The first-order valence-corrected chi connectivity index (χ1v) is 6.56. The fraction of sp³-hybridized carbons (Fsp3) is 0.0667. The minimum Gasteiger partial charge on any atom is -0.361 e. The minimum atomic E-state index is -0.0796. The van der Waals surface area contributed by atoms with Gasteiger partial charge in [-0.05, 0) is 41.3 Å². The fourth-order valence-corrected chi connectivity index (χ4v) is 2.16. The van der Waals surface area contributed by atoms with Crippen molar-refractivity contribution >= 4 is 34.1 Å². The van der Waals surface area contributed by atoms with Crippen LogP contribution >= 0.6 is 11.6 Å². The predicted molar refractivity (Wildman–Crippen MR) is 79.9 cm³/mol. The van der Waals surface area contributed by atoms with Crippen molar-refractivity contribution in [1.29, 1.82) is 0 Å². The molecule has 0 spiro atoms. The molecule has 100 valence electrons. The molecule has 0 atom stereocenters. The Kier molecular flexibility index (Phi) is 3.39. The number of rotatable bonds is 3. The van der Waals surface area contributed by atoms with Crippen molar-refractivity contribution in [1.82, 2.24) is 9.97 Å². The summed E-state index contributed by atoms with van der Waals surface area (Å²) in [5, 5.41) is 4.30. The van der Waals surface area contributed by atoms with Crippen LogP contribution in [0, 0.1) is 0 Å². The van der Waals surface area contributed by atoms with Crippen LogP contribution < -0.4 is 5.32 Å². The Morgan fingerprint density at radius 2 is 2.15 bits per heavy atom. The molecule has 4 nitrogen and oxygen atoms in total. The molecule has 2 N–H and O–H groups in total. The lowest BCUT2D eigenvalue weighted by molar-refractivity contribution is -0.115. The van der Waals surface area contributed by atoms with Gasteiger partial charge in [0.05, 0.1) is 18.3 Å². The Balaban J connectivity index is 1.70. The summed E-state index contributed by atoms with van der Waals surface area (Å²) in [6.07, 6.45) is 3.74. The number of anilines is 1. The maximum absolute atomic E-state index is 12.0. The standard InChI is InChI=1S/C15H12ClN3O/c16-14-4-2-12(9-18-14)19-15(20)8-10-1-3-13-11(7-10)5-6-17-13/h1-7,9,17H,8H2,(H,19,20). The Labute approximate surface area is 120 Å². The number of halogens is 1. The molecule has 0 saturated carbocycles. The quantitative estimate of drug-likeness (QED) is 0.725. The summed E-state index contributed by atoms with van der Waals surface area (Å²) >= 11 is 5.70. The summed E-state index contributed by atoms with van der Waals surface area (Å²) in [7, 11) is 0. The number of amides is 1. The van der Waals surface area contributed by atoms with Gasteiger partial charge >= 0.3 is 0 Å². The molecule has 0 aliphatic rings. The molecule has 1 aromatic carbocycles. The number of carbonyl (C=O) groups excluding carboxylic acids is 1. The van der Waals surface area contributed by atoms with Crippen LogP contribution in [0.4, 0.5) is 5.69 Å². The monoisotopic (exact) mass is 285 g/mol. The number of hydrogen-bond donors (Lipinski definition) is 2. The van der Waals surface area contributed by atoms with Crippen LogP contribution in [-0.4, -0.2) is 15.9 Å². The van der Waals surface area contributed by atoms with Crippen molar-refractivity contribution < 1.29 is 4.79 Å². The molecule has 2 aromatic heterocycles. The van der Waals surface area contributed by atoms with E-state index in [1.54, 1.807) is 12.1 Å². The van der Waals surface area contributed by atoms with E-state index in [0.717, 1.165) is 16.5 Å². The molecule has 0 fully saturated rings. The fourth-order valence-electron chi connectivity index (χ4n) is 2.05. The third-order valence-corrected chi connectivity index (χ3v) is 3.22. The van der Waals surface area contributed by atoms with Gasteiger partial charge in [0.2, 0.25) is 5.91 Å². The number of hydrogen-bond acceptors (Lipinski definition) is 2. The zero-order valence-electron chi connectivity index (χ0n) is 10.6. The van der Waals surface area contributed by atoms with Crippen LogP contribution in [0.2, 0.25) is 5.15 Å². The number of H-pyrrole nitrogens is 1. The molecule has 20 heavy (non-hydrogen) atoms. The van der Waals surface area contributed by atoms with Crippen molar-refractivity contribution in [2.45, 2.75) is 6.42 Å². The first kappa shape index (κ1) is 12.7. The van der Waals surface area contributed by atoms with E-state index in [1.165, 1.54) is 6.20 Å². The van der Waals surface area contributed by atoms with Gasteiger partial charge in [-0.2, -0.15) is 0 Å². The average Bonchev–Trinajstić information content (AvgIpc) is 2.89. The first-order chi connectivity index (χ1) is 9.70. The molecule has 5 heteroatoms. The molecular weight excluding hydrogens is 274 g/mol. The van der Waals surface area contributed by atoms with Crippen LogP contribution in [0.3, 0.4) is 0 Å². The van der Waals surface area contributed by atoms with E-state index in [1.807, 2.05) is 30.5 Å². The highest BCUT2D eigenvalue weighted by Crippen LogP contribution is 2.15. The third kappa shape index (κ3) is 2.81. The number of aromatic amines is 1. The van der Waals surface area contributed by atoms with E-state index in [4.69, 9.17) is 11.6 Å². The van der Waals surface area contributed by atoms with Gasteiger partial charge in [-0.15, -0.1) is 0 Å². The highest BCUT2D eigenvalue weighted by atomic mass is 35.5. The molecular formula is C15H12ClN3O. The normalized spacial score (nSPS) is 10.7. The summed E-state index contributed by atoms with van der Waals surface area (Å²) in [5.74, 6) is -0.0796. The molecule has 3 rings (SSSR count). The van der Waals surface area contributed by atoms with Crippen LogP contribution in [-0.2, 0) is 11.2 Å². The van der Waals surface area contributed by atoms with Crippen molar-refractivity contribution in [2.75, 3.05) is 5.32 Å². The molecule has 0 unspecified atom stereocenters. The van der Waals surface area contributed by atoms with E-state index in [2.05, 4.69) is 15.3 Å². The van der Waals surface area contributed by atoms with Crippen molar-refractivity contribution in [3.05, 3.63) is 59.5 Å². The van der Waals surface area contributed by atoms with E-state index in [0.29, 0.717) is 17.3 Å². The molecule has 0 aliphatic carbocycles. The van der Waals surface area contributed by atoms with Gasteiger partial charge in [0.1, 0.15) is 5.15 Å². The Morgan fingerprint density at radius 3 is 2.95 bits per heavy atom. The highest BCUT2D eigenvalue weighted by Gasteiger charge is 2.05. The number of fused-ring (bicyclic) bond motifs is 1. The lowest BCUT2D eigenvalue weighted by Gasteiger charge is -2.05. The highest BCUT2D eigenvalue weighted by molar-refractivity contribution is 6.29. The molecule has 2 heterocycles.